The summed E-state index contributed by atoms with van der Waals surface area (Å²) in [5, 5.41) is 8.57. The van der Waals surface area contributed by atoms with Crippen molar-refractivity contribution < 1.29 is 19.4 Å². The minimum Gasteiger partial charge on any atom is -0.481 e. The van der Waals surface area contributed by atoms with Gasteiger partial charge in [0.1, 0.15) is 5.75 Å². The van der Waals surface area contributed by atoms with Crippen LogP contribution in [0.5, 0.6) is 5.75 Å². The normalized spacial score (nSPS) is 10.2. The number of benzene rings is 1. The summed E-state index contributed by atoms with van der Waals surface area (Å²) in [6, 6.07) is 5.75. The average Bonchev–Trinajstić information content (AvgIpc) is 2.29. The second-order valence-corrected chi connectivity index (χ2v) is 4.46. The van der Waals surface area contributed by atoms with Crippen molar-refractivity contribution >= 4 is 17.7 Å². The van der Waals surface area contributed by atoms with E-state index in [2.05, 4.69) is 0 Å². The van der Waals surface area contributed by atoms with Gasteiger partial charge in [0.05, 0.1) is 5.75 Å². The number of carboxylic acid groups (broad SMARTS) is 1. The molecule has 0 saturated carbocycles. The van der Waals surface area contributed by atoms with Gasteiger partial charge in [-0.3, -0.25) is 4.79 Å². The lowest BCUT2D eigenvalue weighted by Gasteiger charge is -2.11. The zero-order chi connectivity index (χ0) is 12.7. The Bertz CT molecular complexity index is 379. The average molecular weight is 256 g/mol. The van der Waals surface area contributed by atoms with Crippen LogP contribution in [0.2, 0.25) is 0 Å². The first kappa shape index (κ1) is 13.9. The lowest BCUT2D eigenvalue weighted by molar-refractivity contribution is -0.133. The molecule has 1 aromatic rings. The van der Waals surface area contributed by atoms with E-state index in [1.54, 1.807) is 7.11 Å². The van der Waals surface area contributed by atoms with Crippen LogP contribution in [0.15, 0.2) is 18.2 Å². The van der Waals surface area contributed by atoms with Gasteiger partial charge in [-0.1, -0.05) is 12.1 Å². The van der Waals surface area contributed by atoms with E-state index in [0.29, 0.717) is 5.75 Å². The highest BCUT2D eigenvalue weighted by atomic mass is 32.2. The second kappa shape index (κ2) is 7.19. The van der Waals surface area contributed by atoms with E-state index < -0.39 is 5.97 Å². The van der Waals surface area contributed by atoms with Gasteiger partial charge in [0.2, 0.25) is 0 Å². The maximum absolute atomic E-state index is 10.4. The Labute approximate surface area is 105 Å². The molecule has 0 radical (unpaired) electrons. The molecule has 4 nitrogen and oxygen atoms in total. The third kappa shape index (κ3) is 4.66. The predicted octanol–water partition coefficient (Wildman–Crippen LogP) is 2.30. The Morgan fingerprint density at radius 1 is 1.47 bits per heavy atom. The monoisotopic (exact) mass is 256 g/mol. The number of methoxy groups -OCH3 is 1. The molecule has 17 heavy (non-hydrogen) atoms. The molecule has 0 atom stereocenters. The number of carboxylic acids is 1. The largest absolute Gasteiger partial charge is 0.481 e. The lowest BCUT2D eigenvalue weighted by Crippen LogP contribution is -2.02. The Morgan fingerprint density at radius 3 is 2.88 bits per heavy atom. The van der Waals surface area contributed by atoms with Crippen LogP contribution in [0.1, 0.15) is 11.1 Å². The summed E-state index contributed by atoms with van der Waals surface area (Å²) in [6.07, 6.45) is 0. The molecule has 0 aromatic heterocycles. The van der Waals surface area contributed by atoms with Gasteiger partial charge in [0.15, 0.2) is 6.79 Å². The molecule has 0 aliphatic carbocycles. The number of carbonyl (C=O) groups is 1. The molecule has 5 heteroatoms. The molecular formula is C12H16O4S. The molecule has 1 rings (SSSR count). The molecule has 0 amide bonds. The van der Waals surface area contributed by atoms with E-state index in [1.807, 2.05) is 25.1 Å². The molecule has 1 aromatic carbocycles. The third-order valence-corrected chi connectivity index (χ3v) is 3.18. The highest BCUT2D eigenvalue weighted by Crippen LogP contribution is 2.24. The molecule has 0 bridgehead atoms. The van der Waals surface area contributed by atoms with Gasteiger partial charge < -0.3 is 14.6 Å². The van der Waals surface area contributed by atoms with Crippen molar-refractivity contribution in [2.45, 2.75) is 12.7 Å². The van der Waals surface area contributed by atoms with Crippen molar-refractivity contribution in [2.75, 3.05) is 19.7 Å². The summed E-state index contributed by atoms with van der Waals surface area (Å²) in [5.74, 6) is 0.768. The van der Waals surface area contributed by atoms with Crippen molar-refractivity contribution in [2.24, 2.45) is 0 Å². The number of thioether (sulfide) groups is 1. The third-order valence-electron chi connectivity index (χ3n) is 2.21. The molecule has 0 unspecified atom stereocenters. The maximum Gasteiger partial charge on any atom is 0.313 e. The minimum absolute atomic E-state index is 0.114. The first-order valence-corrected chi connectivity index (χ1v) is 6.30. The summed E-state index contributed by atoms with van der Waals surface area (Å²) in [5.41, 5.74) is 2.12. The highest BCUT2D eigenvalue weighted by molar-refractivity contribution is 7.99. The molecule has 0 spiro atoms. The molecule has 0 aliphatic heterocycles. The first-order chi connectivity index (χ1) is 8.15. The molecule has 1 N–H and O–H groups in total. The number of hydrogen-bond donors (Lipinski definition) is 1. The van der Waals surface area contributed by atoms with Crippen LogP contribution in [0, 0.1) is 6.92 Å². The minimum atomic E-state index is -0.792. The summed E-state index contributed by atoms with van der Waals surface area (Å²) in [6.45, 7) is 2.17. The Morgan fingerprint density at radius 2 is 2.24 bits per heavy atom. The molecular weight excluding hydrogens is 240 g/mol. The topological polar surface area (TPSA) is 55.8 Å². The van der Waals surface area contributed by atoms with E-state index >= 15 is 0 Å². The van der Waals surface area contributed by atoms with Gasteiger partial charge in [-0.15, -0.1) is 11.8 Å². The van der Waals surface area contributed by atoms with Crippen LogP contribution < -0.4 is 4.74 Å². The molecule has 0 aliphatic rings. The van der Waals surface area contributed by atoms with E-state index in [0.717, 1.165) is 16.9 Å². The van der Waals surface area contributed by atoms with Crippen LogP contribution in [0.4, 0.5) is 0 Å². The van der Waals surface area contributed by atoms with Gasteiger partial charge >= 0.3 is 5.97 Å². The fourth-order valence-corrected chi connectivity index (χ4v) is 2.15. The number of ether oxygens (including phenoxy) is 2. The summed E-state index contributed by atoms with van der Waals surface area (Å²) >= 11 is 1.37. The fourth-order valence-electron chi connectivity index (χ4n) is 1.34. The fraction of sp³-hybridized carbons (Fsp3) is 0.417. The van der Waals surface area contributed by atoms with E-state index in [1.165, 1.54) is 11.8 Å². The van der Waals surface area contributed by atoms with E-state index in [4.69, 9.17) is 14.6 Å². The van der Waals surface area contributed by atoms with Crippen molar-refractivity contribution in [3.05, 3.63) is 29.3 Å². The van der Waals surface area contributed by atoms with Gasteiger partial charge in [-0.2, -0.15) is 0 Å². The zero-order valence-corrected chi connectivity index (χ0v) is 10.8. The van der Waals surface area contributed by atoms with Crippen molar-refractivity contribution in [3.63, 3.8) is 0 Å². The maximum atomic E-state index is 10.4. The van der Waals surface area contributed by atoms with Crippen molar-refractivity contribution in [1.29, 1.82) is 0 Å². The number of aliphatic carboxylic acids is 1. The predicted molar refractivity (Wildman–Crippen MR) is 67.5 cm³/mol. The lowest BCUT2D eigenvalue weighted by atomic mass is 10.1. The molecule has 0 heterocycles. The summed E-state index contributed by atoms with van der Waals surface area (Å²) in [4.78, 5) is 10.4. The van der Waals surface area contributed by atoms with Crippen molar-refractivity contribution in [3.8, 4) is 5.75 Å². The molecule has 0 fully saturated rings. The van der Waals surface area contributed by atoms with Crippen LogP contribution in [0.25, 0.3) is 0 Å². The Balaban J connectivity index is 2.62. The summed E-state index contributed by atoms with van der Waals surface area (Å²) in [7, 11) is 1.57. The SMILES string of the molecule is COCOc1cccc(CSCC(=O)O)c1C. The van der Waals surface area contributed by atoms with Crippen molar-refractivity contribution in [1.82, 2.24) is 0 Å². The Kier molecular flexibility index (Phi) is 5.86. The smallest absolute Gasteiger partial charge is 0.313 e. The summed E-state index contributed by atoms with van der Waals surface area (Å²) < 4.78 is 10.3. The van der Waals surface area contributed by atoms with Gasteiger partial charge in [0, 0.05) is 12.9 Å². The van der Waals surface area contributed by atoms with E-state index in [9.17, 15) is 4.79 Å². The van der Waals surface area contributed by atoms with Crippen LogP contribution in [-0.4, -0.2) is 30.7 Å². The standard InChI is InChI=1S/C12H16O4S/c1-9-10(6-17-7-12(13)14)4-3-5-11(9)16-8-15-2/h3-5H,6-8H2,1-2H3,(H,13,14). The first-order valence-electron chi connectivity index (χ1n) is 5.15. The number of hydrogen-bond acceptors (Lipinski definition) is 4. The molecule has 0 saturated heterocycles. The second-order valence-electron chi connectivity index (χ2n) is 3.48. The van der Waals surface area contributed by atoms with Gasteiger partial charge in [-0.25, -0.2) is 0 Å². The van der Waals surface area contributed by atoms with E-state index in [-0.39, 0.29) is 12.5 Å². The van der Waals surface area contributed by atoms with Crippen LogP contribution in [0.3, 0.4) is 0 Å². The highest BCUT2D eigenvalue weighted by Gasteiger charge is 2.06. The molecule has 94 valence electrons. The zero-order valence-electron chi connectivity index (χ0n) is 9.93. The van der Waals surface area contributed by atoms with Crippen LogP contribution in [-0.2, 0) is 15.3 Å². The Hall–Kier alpha value is -1.20. The van der Waals surface area contributed by atoms with Gasteiger partial charge in [0.25, 0.3) is 0 Å². The van der Waals surface area contributed by atoms with Gasteiger partial charge in [-0.05, 0) is 24.1 Å². The number of rotatable bonds is 7. The van der Waals surface area contributed by atoms with Crippen LogP contribution >= 0.6 is 11.8 Å². The quantitative estimate of drug-likeness (QED) is 0.759.